The Labute approximate surface area is 134 Å². The first-order valence-corrected chi connectivity index (χ1v) is 9.76. The number of amides is 1. The van der Waals surface area contributed by atoms with E-state index in [1.165, 1.54) is 11.3 Å². The molecule has 1 fully saturated rings. The van der Waals surface area contributed by atoms with Crippen LogP contribution in [-0.2, 0) is 21.2 Å². The number of hydrogen-bond donors (Lipinski definition) is 1. The van der Waals surface area contributed by atoms with Crippen molar-refractivity contribution < 1.29 is 13.2 Å². The van der Waals surface area contributed by atoms with Gasteiger partial charge in [0, 0.05) is 24.0 Å². The van der Waals surface area contributed by atoms with E-state index in [0.717, 1.165) is 4.88 Å². The fourth-order valence-corrected chi connectivity index (χ4v) is 4.28. The molecule has 2 heterocycles. The number of rotatable bonds is 5. The monoisotopic (exact) mass is 350 g/mol. The topological polar surface area (TPSA) is 66.5 Å². The molecule has 1 aromatic rings. The van der Waals surface area contributed by atoms with Crippen molar-refractivity contribution in [2.24, 2.45) is 0 Å². The van der Waals surface area contributed by atoms with Crippen molar-refractivity contribution in [2.75, 3.05) is 18.8 Å². The van der Waals surface area contributed by atoms with Crippen LogP contribution in [0.3, 0.4) is 0 Å². The maximum atomic E-state index is 12.2. The molecule has 0 radical (unpaired) electrons. The lowest BCUT2D eigenvalue weighted by Crippen LogP contribution is -2.47. The van der Waals surface area contributed by atoms with Gasteiger partial charge >= 0.3 is 0 Å². The van der Waals surface area contributed by atoms with Crippen LogP contribution in [0.4, 0.5) is 0 Å². The van der Waals surface area contributed by atoms with Gasteiger partial charge in [-0.1, -0.05) is 11.6 Å². The fraction of sp³-hybridized carbons (Fsp3) is 0.615. The zero-order valence-corrected chi connectivity index (χ0v) is 14.2. The highest BCUT2D eigenvalue weighted by Gasteiger charge is 2.25. The number of thiophene rings is 1. The van der Waals surface area contributed by atoms with E-state index in [4.69, 9.17) is 11.6 Å². The van der Waals surface area contributed by atoms with Gasteiger partial charge in [0.25, 0.3) is 0 Å². The Morgan fingerprint density at radius 2 is 2.10 bits per heavy atom. The van der Waals surface area contributed by atoms with Gasteiger partial charge in [-0.2, -0.15) is 0 Å². The van der Waals surface area contributed by atoms with E-state index in [2.05, 4.69) is 4.72 Å². The predicted molar refractivity (Wildman–Crippen MR) is 85.2 cm³/mol. The number of piperidine rings is 1. The van der Waals surface area contributed by atoms with Gasteiger partial charge in [-0.3, -0.25) is 4.79 Å². The summed E-state index contributed by atoms with van der Waals surface area (Å²) in [5, 5.41) is 0. The molecule has 8 heteroatoms. The van der Waals surface area contributed by atoms with Crippen LogP contribution in [-0.4, -0.2) is 44.1 Å². The summed E-state index contributed by atoms with van der Waals surface area (Å²) >= 11 is 7.27. The Hall–Kier alpha value is -0.630. The molecule has 1 saturated heterocycles. The Morgan fingerprint density at radius 3 is 2.62 bits per heavy atom. The second kappa shape index (κ2) is 7.09. The molecular formula is C13H19ClN2O3S2. The number of hydrogen-bond acceptors (Lipinski definition) is 4. The lowest BCUT2D eigenvalue weighted by Gasteiger charge is -2.32. The molecule has 1 aliphatic heterocycles. The summed E-state index contributed by atoms with van der Waals surface area (Å²) in [6.45, 7) is 2.80. The maximum absolute atomic E-state index is 12.2. The largest absolute Gasteiger partial charge is 0.342 e. The third kappa shape index (κ3) is 4.95. The molecule has 1 aliphatic rings. The van der Waals surface area contributed by atoms with Crippen molar-refractivity contribution in [3.8, 4) is 0 Å². The van der Waals surface area contributed by atoms with Crippen molar-refractivity contribution in [1.82, 2.24) is 9.62 Å². The number of halogens is 1. The van der Waals surface area contributed by atoms with Gasteiger partial charge in [0.2, 0.25) is 15.9 Å². The number of sulfonamides is 1. The van der Waals surface area contributed by atoms with Crippen molar-refractivity contribution in [2.45, 2.75) is 32.2 Å². The summed E-state index contributed by atoms with van der Waals surface area (Å²) in [5.74, 6) is 0.163. The second-order valence-corrected chi connectivity index (χ2v) is 8.90. The van der Waals surface area contributed by atoms with Crippen molar-refractivity contribution in [3.05, 3.63) is 21.3 Å². The third-order valence-corrected chi connectivity index (χ3v) is 6.21. The van der Waals surface area contributed by atoms with Crippen LogP contribution in [0.15, 0.2) is 12.1 Å². The molecule has 1 amide bonds. The van der Waals surface area contributed by atoms with Crippen LogP contribution >= 0.6 is 22.9 Å². The number of nitrogens with zero attached hydrogens (tertiary/aromatic N) is 1. The first kappa shape index (κ1) is 16.7. The smallest absolute Gasteiger partial charge is 0.227 e. The second-order valence-electron chi connectivity index (χ2n) is 5.06. The van der Waals surface area contributed by atoms with Crippen LogP contribution in [0.25, 0.3) is 0 Å². The minimum atomic E-state index is -3.17. The zero-order valence-electron chi connectivity index (χ0n) is 11.8. The molecule has 0 aliphatic carbocycles. The van der Waals surface area contributed by atoms with Crippen LogP contribution in [0, 0.1) is 0 Å². The molecule has 0 unspecified atom stereocenters. The lowest BCUT2D eigenvalue weighted by atomic mass is 10.1. The fourth-order valence-electron chi connectivity index (χ4n) is 2.29. The number of carbonyl (C=O) groups is 1. The molecule has 0 aromatic carbocycles. The molecule has 1 aromatic heterocycles. The molecule has 0 saturated carbocycles. The molecule has 21 heavy (non-hydrogen) atoms. The Balaban J connectivity index is 1.82. The molecule has 0 bridgehead atoms. The Morgan fingerprint density at radius 1 is 1.43 bits per heavy atom. The Kier molecular flexibility index (Phi) is 5.65. The van der Waals surface area contributed by atoms with E-state index in [-0.39, 0.29) is 17.7 Å². The number of nitrogens with one attached hydrogen (secondary N) is 1. The highest BCUT2D eigenvalue weighted by atomic mass is 35.5. The predicted octanol–water partition coefficient (Wildman–Crippen LogP) is 1.87. The normalized spacial score (nSPS) is 17.1. The van der Waals surface area contributed by atoms with Gasteiger partial charge in [-0.25, -0.2) is 13.1 Å². The first-order chi connectivity index (χ1) is 9.89. The average molecular weight is 351 g/mol. The molecule has 0 spiro atoms. The van der Waals surface area contributed by atoms with Crippen LogP contribution in [0.5, 0.6) is 0 Å². The van der Waals surface area contributed by atoms with E-state index in [9.17, 15) is 13.2 Å². The van der Waals surface area contributed by atoms with E-state index in [1.807, 2.05) is 6.07 Å². The van der Waals surface area contributed by atoms with Gasteiger partial charge in [-0.05, 0) is 31.9 Å². The van der Waals surface area contributed by atoms with E-state index >= 15 is 0 Å². The van der Waals surface area contributed by atoms with Crippen molar-refractivity contribution >= 4 is 38.9 Å². The molecular weight excluding hydrogens is 332 g/mol. The van der Waals surface area contributed by atoms with Crippen molar-refractivity contribution in [1.29, 1.82) is 0 Å². The van der Waals surface area contributed by atoms with E-state index < -0.39 is 10.0 Å². The lowest BCUT2D eigenvalue weighted by molar-refractivity contribution is -0.131. The van der Waals surface area contributed by atoms with Gasteiger partial charge in [0.05, 0.1) is 16.5 Å². The summed E-state index contributed by atoms with van der Waals surface area (Å²) in [6.07, 6.45) is 1.69. The van der Waals surface area contributed by atoms with E-state index in [1.54, 1.807) is 17.9 Å². The van der Waals surface area contributed by atoms with Gasteiger partial charge in [-0.15, -0.1) is 11.3 Å². The van der Waals surface area contributed by atoms with Crippen LogP contribution in [0.2, 0.25) is 4.34 Å². The van der Waals surface area contributed by atoms with Gasteiger partial charge in [0.1, 0.15) is 0 Å². The highest BCUT2D eigenvalue weighted by molar-refractivity contribution is 7.89. The third-order valence-electron chi connectivity index (χ3n) is 3.53. The zero-order chi connectivity index (χ0) is 15.5. The van der Waals surface area contributed by atoms with Gasteiger partial charge < -0.3 is 4.90 Å². The average Bonchev–Trinajstić information content (AvgIpc) is 2.84. The highest BCUT2D eigenvalue weighted by Crippen LogP contribution is 2.22. The maximum Gasteiger partial charge on any atom is 0.227 e. The minimum absolute atomic E-state index is 0.0600. The standard InChI is InChI=1S/C13H19ClN2O3S2/c1-2-21(18,19)15-10-5-7-16(8-6-10)13(17)9-11-3-4-12(14)20-11/h3-4,10,15H,2,5-9H2,1H3. The van der Waals surface area contributed by atoms with E-state index in [0.29, 0.717) is 36.7 Å². The van der Waals surface area contributed by atoms with Crippen LogP contribution in [0.1, 0.15) is 24.6 Å². The summed E-state index contributed by atoms with van der Waals surface area (Å²) in [6, 6.07) is 3.60. The number of likely N-dealkylation sites (tertiary alicyclic amines) is 1. The van der Waals surface area contributed by atoms with Crippen molar-refractivity contribution in [3.63, 3.8) is 0 Å². The van der Waals surface area contributed by atoms with Gasteiger partial charge in [0.15, 0.2) is 0 Å². The minimum Gasteiger partial charge on any atom is -0.342 e. The quantitative estimate of drug-likeness (QED) is 0.881. The molecule has 0 atom stereocenters. The Bertz CT molecular complexity index is 592. The molecule has 118 valence electrons. The molecule has 5 nitrogen and oxygen atoms in total. The molecule has 2 rings (SSSR count). The SMILES string of the molecule is CCS(=O)(=O)NC1CCN(C(=O)Cc2ccc(Cl)s2)CC1. The number of carbonyl (C=O) groups excluding carboxylic acids is 1. The first-order valence-electron chi connectivity index (χ1n) is 6.91. The molecule has 1 N–H and O–H groups in total. The summed E-state index contributed by atoms with van der Waals surface area (Å²) in [4.78, 5) is 14.9. The summed E-state index contributed by atoms with van der Waals surface area (Å²) in [5.41, 5.74) is 0. The van der Waals surface area contributed by atoms with Crippen LogP contribution < -0.4 is 4.72 Å². The summed E-state index contributed by atoms with van der Waals surface area (Å²) in [7, 11) is -3.17. The summed E-state index contributed by atoms with van der Waals surface area (Å²) < 4.78 is 26.4.